The molecule has 2 heteroatoms. The Kier molecular flexibility index (Phi) is 2.83. The van der Waals surface area contributed by atoms with E-state index in [0.717, 1.165) is 6.42 Å². The number of hydroxylamine groups is 2. The van der Waals surface area contributed by atoms with Crippen LogP contribution in [0.5, 0.6) is 0 Å². The van der Waals surface area contributed by atoms with Crippen molar-refractivity contribution in [2.75, 3.05) is 0 Å². The van der Waals surface area contributed by atoms with Crippen molar-refractivity contribution in [3.63, 3.8) is 0 Å². The van der Waals surface area contributed by atoms with Crippen LogP contribution in [0.15, 0.2) is 24.3 Å². The summed E-state index contributed by atoms with van der Waals surface area (Å²) < 4.78 is 0. The van der Waals surface area contributed by atoms with Gasteiger partial charge in [0.1, 0.15) is 0 Å². The van der Waals surface area contributed by atoms with E-state index in [4.69, 9.17) is 0 Å². The number of nitrogens with zero attached hydrogens (tertiary/aromatic N) is 1. The summed E-state index contributed by atoms with van der Waals surface area (Å²) in [5, 5.41) is 13.7. The Bertz CT molecular complexity index is 423. The smallest absolute Gasteiger partial charge is 0.0209 e. The van der Waals surface area contributed by atoms with E-state index in [-0.39, 0.29) is 17.0 Å². The van der Waals surface area contributed by atoms with E-state index in [9.17, 15) is 5.21 Å². The van der Waals surface area contributed by atoms with E-state index < -0.39 is 0 Å². The molecule has 1 aromatic rings. The summed E-state index contributed by atoms with van der Waals surface area (Å²) in [7, 11) is 0. The first-order valence-corrected chi connectivity index (χ1v) is 6.31. The minimum absolute atomic E-state index is 0.0491. The van der Waals surface area contributed by atoms with Crippen molar-refractivity contribution in [1.82, 2.24) is 5.06 Å². The van der Waals surface area contributed by atoms with Gasteiger partial charge in [-0.25, -0.2) is 0 Å². The third kappa shape index (κ3) is 2.00. The molecule has 0 N–H and O–H groups in total. The molecule has 0 radical (unpaired) electrons. The fourth-order valence-corrected chi connectivity index (χ4v) is 3.38. The van der Waals surface area contributed by atoms with Gasteiger partial charge in [-0.05, 0) is 43.7 Å². The van der Waals surface area contributed by atoms with Crippen LogP contribution in [0.2, 0.25) is 0 Å². The number of benzene rings is 1. The summed E-state index contributed by atoms with van der Waals surface area (Å²) in [5.41, 5.74) is 2.23. The molecule has 94 valence electrons. The Morgan fingerprint density at radius 1 is 1.18 bits per heavy atom. The van der Waals surface area contributed by atoms with E-state index >= 15 is 0 Å². The topological polar surface area (TPSA) is 26.3 Å². The molecule has 17 heavy (non-hydrogen) atoms. The third-order valence-corrected chi connectivity index (χ3v) is 3.96. The summed E-state index contributed by atoms with van der Waals surface area (Å²) >= 11 is 0. The van der Waals surface area contributed by atoms with Gasteiger partial charge in [0.05, 0.1) is 0 Å². The minimum Gasteiger partial charge on any atom is -0.784 e. The fraction of sp³-hybridized carbons (Fsp3) is 0.600. The van der Waals surface area contributed by atoms with Crippen LogP contribution in [0.4, 0.5) is 0 Å². The quantitative estimate of drug-likeness (QED) is 0.675. The van der Waals surface area contributed by atoms with Gasteiger partial charge in [-0.15, -0.1) is 0 Å². The molecule has 1 unspecified atom stereocenters. The van der Waals surface area contributed by atoms with Gasteiger partial charge in [0.15, 0.2) is 0 Å². The first-order chi connectivity index (χ1) is 7.76. The molecule has 2 nitrogen and oxygen atoms in total. The Morgan fingerprint density at radius 3 is 2.41 bits per heavy atom. The van der Waals surface area contributed by atoms with Gasteiger partial charge in [0.2, 0.25) is 0 Å². The zero-order valence-corrected chi connectivity index (χ0v) is 11.4. The monoisotopic (exact) mass is 232 g/mol. The molecule has 0 fully saturated rings. The molecular formula is C15H22NO-. The Hall–Kier alpha value is -0.860. The van der Waals surface area contributed by atoms with Crippen LogP contribution < -0.4 is 0 Å². The lowest BCUT2D eigenvalue weighted by Crippen LogP contribution is -2.42. The highest BCUT2D eigenvalue weighted by molar-refractivity contribution is 5.37. The highest BCUT2D eigenvalue weighted by atomic mass is 16.5. The van der Waals surface area contributed by atoms with Gasteiger partial charge in [0, 0.05) is 11.6 Å². The molecule has 0 amide bonds. The van der Waals surface area contributed by atoms with Gasteiger partial charge in [-0.3, -0.25) is 0 Å². The van der Waals surface area contributed by atoms with Crippen LogP contribution in [0, 0.1) is 5.21 Å². The average molecular weight is 232 g/mol. The van der Waals surface area contributed by atoms with Crippen LogP contribution in [0.1, 0.15) is 58.2 Å². The largest absolute Gasteiger partial charge is 0.784 e. The lowest BCUT2D eigenvalue weighted by Gasteiger charge is -2.48. The van der Waals surface area contributed by atoms with Crippen molar-refractivity contribution >= 4 is 0 Å². The number of rotatable bonds is 0. The first-order valence-electron chi connectivity index (χ1n) is 6.31. The Balaban J connectivity index is 2.61. The van der Waals surface area contributed by atoms with E-state index in [0.29, 0.717) is 0 Å². The average Bonchev–Trinajstić information content (AvgIpc) is 2.29. The maximum Gasteiger partial charge on any atom is 0.0209 e. The van der Waals surface area contributed by atoms with Gasteiger partial charge < -0.3 is 10.3 Å². The van der Waals surface area contributed by atoms with Crippen LogP contribution >= 0.6 is 0 Å². The van der Waals surface area contributed by atoms with Crippen molar-refractivity contribution in [2.45, 2.75) is 58.0 Å². The van der Waals surface area contributed by atoms with E-state index in [2.05, 4.69) is 32.0 Å². The summed E-state index contributed by atoms with van der Waals surface area (Å²) in [6.07, 6.45) is 0.880. The number of hydrogen-bond acceptors (Lipinski definition) is 2. The second-order valence-corrected chi connectivity index (χ2v) is 6.46. The van der Waals surface area contributed by atoms with Crippen molar-refractivity contribution in [3.8, 4) is 0 Å². The summed E-state index contributed by atoms with van der Waals surface area (Å²) in [5.74, 6) is 0. The molecule has 0 saturated carbocycles. The minimum atomic E-state index is -0.318. The molecule has 0 aliphatic carbocycles. The predicted molar refractivity (Wildman–Crippen MR) is 71.8 cm³/mol. The third-order valence-electron chi connectivity index (χ3n) is 3.96. The zero-order chi connectivity index (χ0) is 12.8. The Morgan fingerprint density at radius 2 is 1.76 bits per heavy atom. The van der Waals surface area contributed by atoms with E-state index in [1.807, 2.05) is 26.8 Å². The molecule has 1 aromatic carbocycles. The SMILES string of the molecule is CC1c2ccccc2C(C)(C)CC(C)(C)N1[O-]. The molecule has 2 rings (SSSR count). The van der Waals surface area contributed by atoms with Crippen molar-refractivity contribution in [3.05, 3.63) is 40.6 Å². The Labute approximate surface area is 104 Å². The van der Waals surface area contributed by atoms with Gasteiger partial charge in [0.25, 0.3) is 0 Å². The molecule has 1 heterocycles. The highest BCUT2D eigenvalue weighted by Crippen LogP contribution is 2.44. The second-order valence-electron chi connectivity index (χ2n) is 6.46. The number of hydrogen-bond donors (Lipinski definition) is 0. The van der Waals surface area contributed by atoms with Crippen LogP contribution in [-0.4, -0.2) is 10.6 Å². The van der Waals surface area contributed by atoms with Gasteiger partial charge in [-0.2, -0.15) is 0 Å². The lowest BCUT2D eigenvalue weighted by atomic mass is 9.75. The molecule has 0 spiro atoms. The standard InChI is InChI=1S/C15H22NO/c1-11-12-8-6-7-9-13(12)14(2,3)10-15(4,5)16(11)17/h6-9,11H,10H2,1-5H3/q-1. The van der Waals surface area contributed by atoms with Crippen molar-refractivity contribution in [1.29, 1.82) is 0 Å². The van der Waals surface area contributed by atoms with Crippen LogP contribution in [0.25, 0.3) is 0 Å². The number of fused-ring (bicyclic) bond motifs is 1. The second kappa shape index (κ2) is 3.82. The molecule has 0 bridgehead atoms. The predicted octanol–water partition coefficient (Wildman–Crippen LogP) is 4.01. The normalized spacial score (nSPS) is 27.3. The van der Waals surface area contributed by atoms with Crippen LogP contribution in [-0.2, 0) is 5.41 Å². The summed E-state index contributed by atoms with van der Waals surface area (Å²) in [6, 6.07) is 8.29. The maximum absolute atomic E-state index is 12.4. The van der Waals surface area contributed by atoms with Gasteiger partial charge >= 0.3 is 0 Å². The highest BCUT2D eigenvalue weighted by Gasteiger charge is 2.38. The molecule has 1 aliphatic heterocycles. The zero-order valence-electron chi connectivity index (χ0n) is 11.4. The van der Waals surface area contributed by atoms with E-state index in [1.54, 1.807) is 0 Å². The van der Waals surface area contributed by atoms with Gasteiger partial charge in [-0.1, -0.05) is 38.1 Å². The molecule has 1 atom stereocenters. The van der Waals surface area contributed by atoms with Crippen molar-refractivity contribution in [2.24, 2.45) is 0 Å². The van der Waals surface area contributed by atoms with Crippen LogP contribution in [0.3, 0.4) is 0 Å². The maximum atomic E-state index is 12.4. The molecule has 1 aliphatic rings. The summed E-state index contributed by atoms with van der Waals surface area (Å²) in [6.45, 7) is 10.6. The molecule has 0 aromatic heterocycles. The first kappa shape index (κ1) is 12.6. The molecular weight excluding hydrogens is 210 g/mol. The fourth-order valence-electron chi connectivity index (χ4n) is 3.38. The van der Waals surface area contributed by atoms with E-state index in [1.165, 1.54) is 16.2 Å². The lowest BCUT2D eigenvalue weighted by molar-refractivity contribution is 0.119. The van der Waals surface area contributed by atoms with Crippen molar-refractivity contribution < 1.29 is 0 Å². The molecule has 0 saturated heterocycles. The summed E-state index contributed by atoms with van der Waals surface area (Å²) in [4.78, 5) is 0.